The third-order valence-electron chi connectivity index (χ3n) is 14.0. The fourth-order valence-corrected chi connectivity index (χ4v) is 10.3. The maximum atomic E-state index is 14.8. The Morgan fingerprint density at radius 1 is 0.725 bits per heavy atom. The second kappa shape index (κ2) is 26.5. The van der Waals surface area contributed by atoms with Gasteiger partial charge in [-0.15, -0.1) is 0 Å². The first-order valence-corrected chi connectivity index (χ1v) is 25.3. The number of rotatable bonds is 15. The molecule has 0 radical (unpaired) electrons. The minimum absolute atomic E-state index is 0.0855. The Hall–Kier alpha value is -6.26. The second-order valence-electron chi connectivity index (χ2n) is 19.5. The number of amides is 6. The summed E-state index contributed by atoms with van der Waals surface area (Å²) >= 11 is 0. The van der Waals surface area contributed by atoms with E-state index in [0.717, 1.165) is 86.2 Å². The summed E-state index contributed by atoms with van der Waals surface area (Å²) in [6, 6.07) is 11.6. The Bertz CT molecular complexity index is 2230. The molecule has 3 aliphatic rings. The summed E-state index contributed by atoms with van der Waals surface area (Å²) in [5.41, 5.74) is 13.6. The molecule has 6 rings (SSSR count). The first kappa shape index (κ1) is 52.1. The number of H-pyrrole nitrogens is 1. The number of para-hydroxylation sites is 1. The number of fused-ring (bicyclic) bond motifs is 1. The quantitative estimate of drug-likeness (QED) is 0.0607. The third kappa shape index (κ3) is 16.4. The summed E-state index contributed by atoms with van der Waals surface area (Å²) in [5, 5.41) is 18.5. The molecule has 374 valence electrons. The van der Waals surface area contributed by atoms with E-state index < -0.39 is 71.6 Å². The minimum atomic E-state index is -1.14. The highest BCUT2D eigenvalue weighted by molar-refractivity contribution is 5.97. The first-order valence-electron chi connectivity index (χ1n) is 25.3. The molecule has 2 heterocycles. The maximum absolute atomic E-state index is 14.8. The molecular weight excluding hydrogens is 877 g/mol. The molecule has 1 aromatic heterocycles. The van der Waals surface area contributed by atoms with Crippen molar-refractivity contribution in [1.82, 2.24) is 36.9 Å². The van der Waals surface area contributed by atoms with E-state index in [1.807, 2.05) is 60.8 Å². The number of aromatic nitrogens is 1. The van der Waals surface area contributed by atoms with Crippen LogP contribution in [0.2, 0.25) is 0 Å². The summed E-state index contributed by atoms with van der Waals surface area (Å²) in [4.78, 5) is 107. The van der Waals surface area contributed by atoms with Crippen molar-refractivity contribution in [1.29, 1.82) is 0 Å². The molecule has 17 nitrogen and oxygen atoms in total. The van der Waals surface area contributed by atoms with E-state index >= 15 is 0 Å². The van der Waals surface area contributed by atoms with Gasteiger partial charge >= 0.3 is 0 Å². The van der Waals surface area contributed by atoms with E-state index in [4.69, 9.17) is 11.5 Å². The lowest BCUT2D eigenvalue weighted by Crippen LogP contribution is -2.58. The van der Waals surface area contributed by atoms with Crippen LogP contribution in [0.15, 0.2) is 65.8 Å². The number of nitrogens with one attached hydrogen (secondary N) is 7. The number of hydrogen-bond acceptors (Lipinski definition) is 8. The Morgan fingerprint density at radius 2 is 1.36 bits per heavy atom. The molecule has 17 heteroatoms. The predicted octanol–water partition coefficient (Wildman–Crippen LogP) is 3.88. The van der Waals surface area contributed by atoms with Gasteiger partial charge in [-0.1, -0.05) is 113 Å². The molecule has 3 aromatic rings. The standard InChI is InChI=1S/C52H74N10O7/c1-33(63)58-43(28-35-17-7-3-8-18-35)49(67)59-41-23-13-25-55-48(66)42(24-14-26-56-52(53)54)60-51(69)45(30-38-32-57-40-22-12-11-21-39(38)40)62-50(68)44(29-36-19-9-4-10-20-36)61-47(65)37(31-46(41)64)27-34-15-5-2-6-16-34/h3,7-8,11-12,17-18,21-22,32,34,36-37,41-45,57H,2,4-6,9-10,13-16,19-20,23-31H2,1H3,(H,55,66)(H,58,63)(H,59,67)(H,60,69)(H,61,65)(H,62,68)(H4,53,54,56)/t37-,41+,42+,43+,44-,45+/m1/s1. The van der Waals surface area contributed by atoms with Gasteiger partial charge in [0, 0.05) is 62.3 Å². The summed E-state index contributed by atoms with van der Waals surface area (Å²) < 4.78 is 0. The van der Waals surface area contributed by atoms with Gasteiger partial charge in [0.15, 0.2) is 11.7 Å². The molecule has 1 saturated heterocycles. The van der Waals surface area contributed by atoms with Crippen LogP contribution in [-0.2, 0) is 46.4 Å². The highest BCUT2D eigenvalue weighted by atomic mass is 16.2. The van der Waals surface area contributed by atoms with Crippen LogP contribution in [-0.4, -0.2) is 95.5 Å². The number of hydrogen-bond donors (Lipinski definition) is 9. The molecule has 0 spiro atoms. The van der Waals surface area contributed by atoms with Crippen molar-refractivity contribution in [2.24, 2.45) is 34.2 Å². The molecule has 0 unspecified atom stereocenters. The van der Waals surface area contributed by atoms with Crippen molar-refractivity contribution in [3.63, 3.8) is 0 Å². The van der Waals surface area contributed by atoms with E-state index in [-0.39, 0.29) is 75.2 Å². The highest BCUT2D eigenvalue weighted by Gasteiger charge is 2.36. The predicted molar refractivity (Wildman–Crippen MR) is 265 cm³/mol. The number of ketones is 1. The van der Waals surface area contributed by atoms with Crippen LogP contribution < -0.4 is 43.4 Å². The lowest BCUT2D eigenvalue weighted by Gasteiger charge is -2.31. The zero-order chi connectivity index (χ0) is 49.1. The van der Waals surface area contributed by atoms with Gasteiger partial charge in [0.05, 0.1) is 6.04 Å². The van der Waals surface area contributed by atoms with E-state index in [0.29, 0.717) is 19.3 Å². The monoisotopic (exact) mass is 951 g/mol. The van der Waals surface area contributed by atoms with Crippen molar-refractivity contribution in [3.05, 3.63) is 71.9 Å². The van der Waals surface area contributed by atoms with E-state index in [2.05, 4.69) is 41.9 Å². The van der Waals surface area contributed by atoms with Crippen molar-refractivity contribution in [3.8, 4) is 0 Å². The number of aromatic amines is 1. The molecular formula is C52H74N10O7. The normalized spacial score (nSPS) is 23.6. The largest absolute Gasteiger partial charge is 0.370 e. The van der Waals surface area contributed by atoms with E-state index in [1.54, 1.807) is 0 Å². The number of benzene rings is 2. The zero-order valence-electron chi connectivity index (χ0n) is 40.2. The van der Waals surface area contributed by atoms with Gasteiger partial charge in [0.1, 0.15) is 24.2 Å². The fraction of sp³-hybridized carbons (Fsp3) is 0.577. The van der Waals surface area contributed by atoms with Crippen LogP contribution in [0, 0.1) is 17.8 Å². The van der Waals surface area contributed by atoms with Crippen LogP contribution >= 0.6 is 0 Å². The van der Waals surface area contributed by atoms with Crippen molar-refractivity contribution >= 4 is 58.1 Å². The second-order valence-corrected chi connectivity index (χ2v) is 19.5. The Balaban J connectivity index is 1.34. The lowest BCUT2D eigenvalue weighted by molar-refractivity contribution is -0.136. The Labute approximate surface area is 405 Å². The van der Waals surface area contributed by atoms with Crippen molar-refractivity contribution < 1.29 is 33.6 Å². The Kier molecular flexibility index (Phi) is 20.0. The summed E-state index contributed by atoms with van der Waals surface area (Å²) in [6.45, 7) is 1.61. The molecule has 2 saturated carbocycles. The van der Waals surface area contributed by atoms with Crippen molar-refractivity contribution in [2.45, 2.75) is 159 Å². The van der Waals surface area contributed by atoms with Crippen LogP contribution in [0.5, 0.6) is 0 Å². The number of carbonyl (C=O) groups is 7. The first-order chi connectivity index (χ1) is 33.3. The molecule has 1 aliphatic heterocycles. The molecule has 11 N–H and O–H groups in total. The molecule has 69 heavy (non-hydrogen) atoms. The van der Waals surface area contributed by atoms with Gasteiger partial charge < -0.3 is 48.4 Å². The molecule has 0 bridgehead atoms. The number of nitrogens with zero attached hydrogens (tertiary/aromatic N) is 1. The topological polar surface area (TPSA) is 272 Å². The zero-order valence-corrected chi connectivity index (χ0v) is 40.2. The van der Waals surface area contributed by atoms with Crippen LogP contribution in [0.3, 0.4) is 0 Å². The molecule has 3 fully saturated rings. The van der Waals surface area contributed by atoms with Gasteiger partial charge in [-0.3, -0.25) is 38.6 Å². The average Bonchev–Trinajstić information content (AvgIpc) is 3.75. The van der Waals surface area contributed by atoms with Gasteiger partial charge in [-0.05, 0) is 67.6 Å². The fourth-order valence-electron chi connectivity index (χ4n) is 10.3. The molecule has 6 atom stereocenters. The van der Waals surface area contributed by atoms with Gasteiger partial charge in [-0.2, -0.15) is 0 Å². The summed E-state index contributed by atoms with van der Waals surface area (Å²) in [7, 11) is 0. The molecule has 6 amide bonds. The average molecular weight is 951 g/mol. The lowest BCUT2D eigenvalue weighted by atomic mass is 9.80. The number of aliphatic imine (C=N–C) groups is 1. The van der Waals surface area contributed by atoms with Crippen LogP contribution in [0.25, 0.3) is 10.9 Å². The van der Waals surface area contributed by atoms with Gasteiger partial charge in [-0.25, -0.2) is 0 Å². The van der Waals surface area contributed by atoms with E-state index in [9.17, 15) is 33.6 Å². The number of Topliss-reactive ketones (excluding diaryl/α,β-unsaturated/α-hetero) is 1. The van der Waals surface area contributed by atoms with E-state index in [1.165, 1.54) is 6.92 Å². The van der Waals surface area contributed by atoms with Crippen LogP contribution in [0.4, 0.5) is 0 Å². The summed E-state index contributed by atoms with van der Waals surface area (Å²) in [6.07, 6.45) is 13.4. The molecule has 2 aromatic carbocycles. The minimum Gasteiger partial charge on any atom is -0.370 e. The SMILES string of the molecule is CC(=O)N[C@@H](Cc1ccccc1)C(=O)N[C@H]1CCCNC(=O)[C@H](CCCN=C(N)N)NC(=O)[C@H](Cc2c[nH]c3ccccc23)NC(=O)[C@@H](CC2CCCCC2)NC(=O)[C@H](CC2CCCCC2)CC1=O. The van der Waals surface area contributed by atoms with Gasteiger partial charge in [0.25, 0.3) is 0 Å². The molecule has 2 aliphatic carbocycles. The smallest absolute Gasteiger partial charge is 0.243 e. The van der Waals surface area contributed by atoms with Crippen LogP contribution in [0.1, 0.15) is 127 Å². The highest BCUT2D eigenvalue weighted by Crippen LogP contribution is 2.32. The number of carbonyl (C=O) groups excluding carboxylic acids is 7. The Morgan fingerprint density at radius 3 is 2.06 bits per heavy atom. The maximum Gasteiger partial charge on any atom is 0.243 e. The van der Waals surface area contributed by atoms with Crippen molar-refractivity contribution in [2.75, 3.05) is 13.1 Å². The number of guanidine groups is 1. The third-order valence-corrected chi connectivity index (χ3v) is 14.0. The van der Waals surface area contributed by atoms with Gasteiger partial charge in [0.2, 0.25) is 35.4 Å². The number of nitrogens with two attached hydrogens (primary N) is 2. The summed E-state index contributed by atoms with van der Waals surface area (Å²) in [5.74, 6) is -3.89.